The minimum atomic E-state index is -0.435. The molecule has 94 valence electrons. The van der Waals surface area contributed by atoms with Gasteiger partial charge in [-0.05, 0) is 24.3 Å². The molecule has 2 rings (SSSR count). The van der Waals surface area contributed by atoms with Crippen molar-refractivity contribution in [2.75, 3.05) is 19.5 Å². The van der Waals surface area contributed by atoms with Gasteiger partial charge in [-0.15, -0.1) is 0 Å². The van der Waals surface area contributed by atoms with Crippen molar-refractivity contribution in [2.45, 2.75) is 9.92 Å². The molecule has 0 saturated heterocycles. The van der Waals surface area contributed by atoms with Crippen molar-refractivity contribution < 1.29 is 9.13 Å². The maximum atomic E-state index is 13.5. The molecule has 0 unspecified atom stereocenters. The quantitative estimate of drug-likeness (QED) is 0.861. The van der Waals surface area contributed by atoms with Crippen molar-refractivity contribution in [3.05, 3.63) is 36.3 Å². The third kappa shape index (κ3) is 2.89. The Morgan fingerprint density at radius 2 is 2.00 bits per heavy atom. The van der Waals surface area contributed by atoms with Gasteiger partial charge < -0.3 is 10.1 Å². The summed E-state index contributed by atoms with van der Waals surface area (Å²) < 4.78 is 18.6. The van der Waals surface area contributed by atoms with Gasteiger partial charge in [-0.25, -0.2) is 14.4 Å². The van der Waals surface area contributed by atoms with E-state index in [-0.39, 0.29) is 0 Å². The van der Waals surface area contributed by atoms with Crippen LogP contribution in [-0.2, 0) is 0 Å². The first kappa shape index (κ1) is 12.6. The second-order valence-electron chi connectivity index (χ2n) is 3.37. The average molecular weight is 265 g/mol. The Labute approximate surface area is 109 Å². The molecule has 6 heteroatoms. The van der Waals surface area contributed by atoms with E-state index < -0.39 is 5.82 Å². The maximum Gasteiger partial charge on any atom is 0.223 e. The van der Waals surface area contributed by atoms with Gasteiger partial charge >= 0.3 is 0 Å². The highest BCUT2D eigenvalue weighted by atomic mass is 32.2. The van der Waals surface area contributed by atoms with Crippen molar-refractivity contribution in [3.8, 4) is 5.75 Å². The summed E-state index contributed by atoms with van der Waals surface area (Å²) in [4.78, 5) is 8.74. The lowest BCUT2D eigenvalue weighted by atomic mass is 10.3. The van der Waals surface area contributed by atoms with Gasteiger partial charge in [-0.3, -0.25) is 0 Å². The molecule has 0 radical (unpaired) electrons. The molecule has 0 amide bonds. The van der Waals surface area contributed by atoms with Crippen LogP contribution >= 0.6 is 11.8 Å². The van der Waals surface area contributed by atoms with Crippen LogP contribution in [0.15, 0.2) is 40.4 Å². The number of halogens is 1. The van der Waals surface area contributed by atoms with E-state index >= 15 is 0 Å². The van der Waals surface area contributed by atoms with E-state index in [1.165, 1.54) is 11.8 Å². The van der Waals surface area contributed by atoms with Crippen LogP contribution in [-0.4, -0.2) is 24.1 Å². The lowest BCUT2D eigenvalue weighted by molar-refractivity contribution is 0.414. The minimum absolute atomic E-state index is 0.291. The van der Waals surface area contributed by atoms with Gasteiger partial charge in [0.25, 0.3) is 0 Å². The number of anilines is 1. The second-order valence-corrected chi connectivity index (χ2v) is 4.44. The smallest absolute Gasteiger partial charge is 0.223 e. The predicted molar refractivity (Wildman–Crippen MR) is 68.7 cm³/mol. The van der Waals surface area contributed by atoms with Crippen molar-refractivity contribution in [2.24, 2.45) is 0 Å². The summed E-state index contributed by atoms with van der Waals surface area (Å²) >= 11 is 1.24. The van der Waals surface area contributed by atoms with E-state index in [9.17, 15) is 4.39 Å². The summed E-state index contributed by atoms with van der Waals surface area (Å²) in [7, 11) is 3.29. The summed E-state index contributed by atoms with van der Waals surface area (Å²) in [6.07, 6.45) is 1.16. The highest BCUT2D eigenvalue weighted by Gasteiger charge is 2.08. The van der Waals surface area contributed by atoms with Crippen LogP contribution in [0.25, 0.3) is 0 Å². The number of benzene rings is 1. The molecular formula is C12H12FN3OS. The van der Waals surface area contributed by atoms with E-state index in [0.29, 0.717) is 11.0 Å². The Kier molecular flexibility index (Phi) is 3.99. The fourth-order valence-electron chi connectivity index (χ4n) is 1.30. The van der Waals surface area contributed by atoms with Crippen LogP contribution < -0.4 is 10.1 Å². The van der Waals surface area contributed by atoms with E-state index in [4.69, 9.17) is 4.74 Å². The molecule has 0 bridgehead atoms. The van der Waals surface area contributed by atoms with Gasteiger partial charge in [0.15, 0.2) is 5.82 Å². The number of rotatable bonds is 4. The lowest BCUT2D eigenvalue weighted by Gasteiger charge is -2.05. The van der Waals surface area contributed by atoms with Crippen molar-refractivity contribution in [1.29, 1.82) is 0 Å². The van der Waals surface area contributed by atoms with Crippen LogP contribution in [0.3, 0.4) is 0 Å². The third-order valence-electron chi connectivity index (χ3n) is 2.21. The molecule has 0 saturated carbocycles. The molecule has 0 aliphatic rings. The van der Waals surface area contributed by atoms with Crippen molar-refractivity contribution in [3.63, 3.8) is 0 Å². The largest absolute Gasteiger partial charge is 0.497 e. The first-order chi connectivity index (χ1) is 8.72. The molecule has 0 fully saturated rings. The van der Waals surface area contributed by atoms with Gasteiger partial charge in [0.1, 0.15) is 10.8 Å². The highest BCUT2D eigenvalue weighted by Crippen LogP contribution is 2.29. The zero-order chi connectivity index (χ0) is 13.0. The molecule has 18 heavy (non-hydrogen) atoms. The molecule has 1 aromatic carbocycles. The number of aromatic nitrogens is 2. The molecule has 2 aromatic rings. The zero-order valence-electron chi connectivity index (χ0n) is 9.98. The van der Waals surface area contributed by atoms with Crippen LogP contribution in [0, 0.1) is 5.82 Å². The predicted octanol–water partition coefficient (Wildman–Crippen LogP) is 2.82. The summed E-state index contributed by atoms with van der Waals surface area (Å²) in [5.74, 6) is 0.723. The standard InChI is InChI=1S/C12H12FN3OS/c1-14-12-15-7-10(13)11(16-12)18-9-5-3-8(17-2)4-6-9/h3-7H,1-2H3,(H,14,15,16). The summed E-state index contributed by atoms with van der Waals surface area (Å²) in [5.41, 5.74) is 0. The summed E-state index contributed by atoms with van der Waals surface area (Å²) in [6, 6.07) is 7.34. The zero-order valence-corrected chi connectivity index (χ0v) is 10.8. The van der Waals surface area contributed by atoms with Crippen molar-refractivity contribution in [1.82, 2.24) is 9.97 Å². The molecule has 4 nitrogen and oxygen atoms in total. The van der Waals surface area contributed by atoms with Crippen molar-refractivity contribution >= 4 is 17.7 Å². The van der Waals surface area contributed by atoms with Gasteiger partial charge in [0, 0.05) is 11.9 Å². The molecule has 1 heterocycles. The Bertz CT molecular complexity index is 533. The monoisotopic (exact) mass is 265 g/mol. The Balaban J connectivity index is 2.21. The topological polar surface area (TPSA) is 47.0 Å². The van der Waals surface area contributed by atoms with Gasteiger partial charge in [0.05, 0.1) is 13.3 Å². The molecule has 1 aromatic heterocycles. The first-order valence-electron chi connectivity index (χ1n) is 5.25. The minimum Gasteiger partial charge on any atom is -0.497 e. The molecule has 0 aliphatic heterocycles. The van der Waals surface area contributed by atoms with E-state index in [1.807, 2.05) is 24.3 Å². The van der Waals surface area contributed by atoms with E-state index in [0.717, 1.165) is 16.8 Å². The molecule has 0 aliphatic carbocycles. The number of hydrogen-bond acceptors (Lipinski definition) is 5. The van der Waals surface area contributed by atoms with Gasteiger partial charge in [-0.1, -0.05) is 11.8 Å². The first-order valence-corrected chi connectivity index (χ1v) is 6.07. The third-order valence-corrected chi connectivity index (χ3v) is 3.20. The Morgan fingerprint density at radius 3 is 2.61 bits per heavy atom. The van der Waals surface area contributed by atoms with E-state index in [2.05, 4.69) is 15.3 Å². The van der Waals surface area contributed by atoms with Crippen LogP contribution in [0.1, 0.15) is 0 Å². The number of ether oxygens (including phenoxy) is 1. The summed E-state index contributed by atoms with van der Waals surface area (Å²) in [6.45, 7) is 0. The molecule has 0 spiro atoms. The van der Waals surface area contributed by atoms with Gasteiger partial charge in [0.2, 0.25) is 5.95 Å². The van der Waals surface area contributed by atoms with Crippen LogP contribution in [0.5, 0.6) is 5.75 Å². The van der Waals surface area contributed by atoms with Crippen LogP contribution in [0.4, 0.5) is 10.3 Å². The normalized spacial score (nSPS) is 10.2. The summed E-state index contributed by atoms with van der Waals surface area (Å²) in [5, 5.41) is 3.07. The number of methoxy groups -OCH3 is 1. The van der Waals surface area contributed by atoms with Crippen LogP contribution in [0.2, 0.25) is 0 Å². The lowest BCUT2D eigenvalue weighted by Crippen LogP contribution is -1.98. The Hall–Kier alpha value is -1.82. The van der Waals surface area contributed by atoms with E-state index in [1.54, 1.807) is 14.2 Å². The molecular weight excluding hydrogens is 253 g/mol. The maximum absolute atomic E-state index is 13.5. The SMILES string of the molecule is CNc1ncc(F)c(Sc2ccc(OC)cc2)n1. The number of hydrogen-bond donors (Lipinski definition) is 1. The number of nitrogens with zero attached hydrogens (tertiary/aromatic N) is 2. The second kappa shape index (κ2) is 5.68. The number of nitrogens with one attached hydrogen (secondary N) is 1. The molecule has 0 atom stereocenters. The fourth-order valence-corrected chi connectivity index (χ4v) is 2.08. The fraction of sp³-hybridized carbons (Fsp3) is 0.167. The van der Waals surface area contributed by atoms with Gasteiger partial charge in [-0.2, -0.15) is 0 Å². The Morgan fingerprint density at radius 1 is 1.28 bits per heavy atom. The highest BCUT2D eigenvalue weighted by molar-refractivity contribution is 7.99. The molecule has 1 N–H and O–H groups in total. The average Bonchev–Trinajstić information content (AvgIpc) is 2.42.